The Morgan fingerprint density at radius 3 is 2.50 bits per heavy atom. The Bertz CT molecular complexity index is 1240. The third-order valence-corrected chi connectivity index (χ3v) is 5.66. The molecule has 3 aromatic rings. The number of hydrogen-bond acceptors (Lipinski definition) is 6. The number of aromatic nitrogens is 2. The van der Waals surface area contributed by atoms with Crippen molar-refractivity contribution >= 4 is 18.1 Å². The zero-order valence-electron chi connectivity index (χ0n) is 16.9. The molecule has 32 heavy (non-hydrogen) atoms. The average Bonchev–Trinajstić information content (AvgIpc) is 3.52. The van der Waals surface area contributed by atoms with Gasteiger partial charge in [0.15, 0.2) is 11.5 Å². The molecule has 1 amide bonds. The second-order valence-electron chi connectivity index (χ2n) is 7.83. The average molecular weight is 437 g/mol. The molecular weight excluding hydrogens is 420 g/mol. The number of carbonyl (C=O) groups excluding carboxylic acids is 2. The fraction of sp³-hybridized carbons (Fsp3) is 0.217. The number of amides is 1. The molecule has 2 heterocycles. The quantitative estimate of drug-likeness (QED) is 0.600. The molecule has 0 bridgehead atoms. The number of fused-ring (bicyclic) bond motifs is 1. The van der Waals surface area contributed by atoms with Crippen molar-refractivity contribution in [2.24, 2.45) is 0 Å². The van der Waals surface area contributed by atoms with Crippen LogP contribution >= 0.6 is 0 Å². The summed E-state index contributed by atoms with van der Waals surface area (Å²) in [6.07, 6.45) is -0.236. The SMILES string of the molecule is Cc1cnc(NC(=O)C2(c3ccc4c(c3)OC(F)(F)O4)CC2)nc1-c1ccc(C=O)cc1. The maximum absolute atomic E-state index is 13.3. The lowest BCUT2D eigenvalue weighted by Crippen LogP contribution is -2.28. The van der Waals surface area contributed by atoms with E-state index in [0.717, 1.165) is 17.4 Å². The lowest BCUT2D eigenvalue weighted by Gasteiger charge is -2.16. The molecular formula is C23H17F2N3O4. The van der Waals surface area contributed by atoms with Crippen LogP contribution in [-0.2, 0) is 10.2 Å². The van der Waals surface area contributed by atoms with Gasteiger partial charge in [0.05, 0.1) is 11.1 Å². The van der Waals surface area contributed by atoms with Crippen LogP contribution in [0.15, 0.2) is 48.7 Å². The van der Waals surface area contributed by atoms with Gasteiger partial charge in [0.25, 0.3) is 0 Å². The number of aldehydes is 1. The molecule has 7 nitrogen and oxygen atoms in total. The summed E-state index contributed by atoms with van der Waals surface area (Å²) in [7, 11) is 0. The molecule has 2 aliphatic rings. The highest BCUT2D eigenvalue weighted by Crippen LogP contribution is 2.52. The van der Waals surface area contributed by atoms with Gasteiger partial charge < -0.3 is 9.47 Å². The van der Waals surface area contributed by atoms with E-state index in [1.807, 2.05) is 6.92 Å². The molecule has 162 valence electrons. The molecule has 9 heteroatoms. The highest BCUT2D eigenvalue weighted by Gasteiger charge is 2.53. The van der Waals surface area contributed by atoms with E-state index in [4.69, 9.17) is 0 Å². The summed E-state index contributed by atoms with van der Waals surface area (Å²) in [6, 6.07) is 11.3. The van der Waals surface area contributed by atoms with Crippen LogP contribution in [0, 0.1) is 6.92 Å². The minimum absolute atomic E-state index is 0.0675. The van der Waals surface area contributed by atoms with Crippen molar-refractivity contribution in [3.05, 3.63) is 65.4 Å². The number of nitrogens with one attached hydrogen (secondary N) is 1. The van der Waals surface area contributed by atoms with E-state index in [1.165, 1.54) is 12.1 Å². The maximum Gasteiger partial charge on any atom is 0.586 e. The van der Waals surface area contributed by atoms with Gasteiger partial charge in [-0.25, -0.2) is 9.97 Å². The number of hydrogen-bond donors (Lipinski definition) is 1. The van der Waals surface area contributed by atoms with Gasteiger partial charge in [-0.1, -0.05) is 30.3 Å². The van der Waals surface area contributed by atoms with Crippen molar-refractivity contribution in [2.75, 3.05) is 5.32 Å². The zero-order valence-corrected chi connectivity index (χ0v) is 16.9. The van der Waals surface area contributed by atoms with Gasteiger partial charge in [-0.2, -0.15) is 0 Å². The number of rotatable bonds is 5. The van der Waals surface area contributed by atoms with Crippen LogP contribution in [0.1, 0.15) is 34.3 Å². The van der Waals surface area contributed by atoms with Crippen molar-refractivity contribution in [2.45, 2.75) is 31.5 Å². The fourth-order valence-corrected chi connectivity index (χ4v) is 3.75. The molecule has 1 fully saturated rings. The number of aryl methyl sites for hydroxylation is 1. The van der Waals surface area contributed by atoms with Gasteiger partial charge in [0, 0.05) is 17.3 Å². The van der Waals surface area contributed by atoms with Crippen LogP contribution in [0.2, 0.25) is 0 Å². The second kappa shape index (κ2) is 7.08. The van der Waals surface area contributed by atoms with E-state index in [1.54, 1.807) is 36.5 Å². The van der Waals surface area contributed by atoms with E-state index in [2.05, 4.69) is 24.8 Å². The smallest absolute Gasteiger partial charge is 0.395 e. The van der Waals surface area contributed by atoms with Crippen molar-refractivity contribution < 1.29 is 27.8 Å². The van der Waals surface area contributed by atoms with Gasteiger partial charge in [-0.05, 0) is 43.0 Å². The predicted octanol–water partition coefficient (Wildman–Crippen LogP) is 4.26. The van der Waals surface area contributed by atoms with Crippen molar-refractivity contribution in [1.29, 1.82) is 0 Å². The van der Waals surface area contributed by atoms with E-state index in [9.17, 15) is 18.4 Å². The number of ether oxygens (including phenoxy) is 2. The molecule has 0 atom stereocenters. The number of halogens is 2. The highest BCUT2D eigenvalue weighted by molar-refractivity contribution is 6.00. The predicted molar refractivity (Wildman–Crippen MR) is 110 cm³/mol. The topological polar surface area (TPSA) is 90.4 Å². The van der Waals surface area contributed by atoms with Crippen LogP contribution in [0.3, 0.4) is 0 Å². The lowest BCUT2D eigenvalue weighted by molar-refractivity contribution is -0.286. The molecule has 0 radical (unpaired) electrons. The summed E-state index contributed by atoms with van der Waals surface area (Å²) >= 11 is 0. The van der Waals surface area contributed by atoms with Gasteiger partial charge in [0.1, 0.15) is 6.29 Å². The number of nitrogens with zero attached hydrogens (tertiary/aromatic N) is 2. The van der Waals surface area contributed by atoms with E-state index in [0.29, 0.717) is 29.7 Å². The van der Waals surface area contributed by atoms with Crippen LogP contribution < -0.4 is 14.8 Å². The van der Waals surface area contributed by atoms with Gasteiger partial charge in [-0.15, -0.1) is 8.78 Å². The minimum atomic E-state index is -3.71. The van der Waals surface area contributed by atoms with Crippen molar-refractivity contribution in [1.82, 2.24) is 9.97 Å². The first-order chi connectivity index (χ1) is 15.3. The lowest BCUT2D eigenvalue weighted by atomic mass is 9.94. The Balaban J connectivity index is 1.39. The molecule has 0 unspecified atom stereocenters. The Kier molecular flexibility index (Phi) is 4.44. The second-order valence-corrected chi connectivity index (χ2v) is 7.83. The third-order valence-electron chi connectivity index (χ3n) is 5.66. The number of alkyl halides is 2. The number of carbonyl (C=O) groups is 2. The normalized spacial score (nSPS) is 17.0. The summed E-state index contributed by atoms with van der Waals surface area (Å²) in [5.74, 6) is -0.357. The minimum Gasteiger partial charge on any atom is -0.395 e. The third kappa shape index (κ3) is 3.45. The summed E-state index contributed by atoms with van der Waals surface area (Å²) in [4.78, 5) is 32.7. The molecule has 0 spiro atoms. The Labute approximate surface area is 181 Å². The van der Waals surface area contributed by atoms with Crippen molar-refractivity contribution in [3.63, 3.8) is 0 Å². The van der Waals surface area contributed by atoms with Crippen LogP contribution in [0.25, 0.3) is 11.3 Å². The Morgan fingerprint density at radius 2 is 1.81 bits per heavy atom. The monoisotopic (exact) mass is 437 g/mol. The first kappa shape index (κ1) is 20.0. The first-order valence-corrected chi connectivity index (χ1v) is 9.91. The molecule has 1 N–H and O–H groups in total. The molecule has 2 aromatic carbocycles. The zero-order chi connectivity index (χ0) is 22.5. The fourth-order valence-electron chi connectivity index (χ4n) is 3.75. The van der Waals surface area contributed by atoms with Crippen LogP contribution in [0.4, 0.5) is 14.7 Å². The highest BCUT2D eigenvalue weighted by atomic mass is 19.3. The Morgan fingerprint density at radius 1 is 1.09 bits per heavy atom. The van der Waals surface area contributed by atoms with Gasteiger partial charge >= 0.3 is 6.29 Å². The number of anilines is 1. The summed E-state index contributed by atoms with van der Waals surface area (Å²) in [5, 5.41) is 2.75. The summed E-state index contributed by atoms with van der Waals surface area (Å²) in [5.41, 5.74) is 2.46. The van der Waals surface area contributed by atoms with Crippen LogP contribution in [0.5, 0.6) is 11.5 Å². The molecule has 1 aliphatic carbocycles. The maximum atomic E-state index is 13.3. The Hall–Kier alpha value is -3.88. The standard InChI is InChI=1S/C23H17F2N3O4/c1-13-11-26-21(27-19(13)15-4-2-14(12-29)3-5-15)28-20(30)22(8-9-22)16-6-7-17-18(10-16)32-23(24,25)31-17/h2-7,10-12H,8-9H2,1H3,(H,26,27,28,30). The van der Waals surface area contributed by atoms with E-state index < -0.39 is 11.7 Å². The summed E-state index contributed by atoms with van der Waals surface area (Å²) < 4.78 is 35.6. The molecule has 1 saturated carbocycles. The van der Waals surface area contributed by atoms with Crippen molar-refractivity contribution in [3.8, 4) is 22.8 Å². The molecule has 1 aromatic heterocycles. The molecule has 0 saturated heterocycles. The van der Waals surface area contributed by atoms with E-state index >= 15 is 0 Å². The largest absolute Gasteiger partial charge is 0.586 e. The number of benzene rings is 2. The molecule has 5 rings (SSSR count). The first-order valence-electron chi connectivity index (χ1n) is 9.91. The van der Waals surface area contributed by atoms with E-state index in [-0.39, 0.29) is 23.4 Å². The van der Waals surface area contributed by atoms with Crippen LogP contribution in [-0.4, -0.2) is 28.5 Å². The van der Waals surface area contributed by atoms with Gasteiger partial charge in [-0.3, -0.25) is 14.9 Å². The van der Waals surface area contributed by atoms with Gasteiger partial charge in [0.2, 0.25) is 11.9 Å². The summed E-state index contributed by atoms with van der Waals surface area (Å²) in [6.45, 7) is 1.85. The molecule has 1 aliphatic heterocycles.